The molecule has 1 aromatic rings. The fourth-order valence-electron chi connectivity index (χ4n) is 2.61. The van der Waals surface area contributed by atoms with Gasteiger partial charge in [0.25, 0.3) is 5.56 Å². The van der Waals surface area contributed by atoms with Crippen LogP contribution in [-0.2, 0) is 0 Å². The van der Waals surface area contributed by atoms with Crippen LogP contribution in [0.25, 0.3) is 0 Å². The molecule has 0 aliphatic heterocycles. The van der Waals surface area contributed by atoms with E-state index in [2.05, 4.69) is 5.32 Å². The quantitative estimate of drug-likeness (QED) is 0.864. The summed E-state index contributed by atoms with van der Waals surface area (Å²) in [4.78, 5) is 12.3. The summed E-state index contributed by atoms with van der Waals surface area (Å²) >= 11 is 0. The highest BCUT2D eigenvalue weighted by Crippen LogP contribution is 2.27. The summed E-state index contributed by atoms with van der Waals surface area (Å²) in [5.74, 6) is 0. The van der Waals surface area contributed by atoms with Crippen molar-refractivity contribution in [3.05, 3.63) is 28.7 Å². The molecule has 2 rings (SSSR count). The summed E-state index contributed by atoms with van der Waals surface area (Å²) in [5.41, 5.74) is 0.665. The van der Waals surface area contributed by atoms with Crippen molar-refractivity contribution in [1.82, 2.24) is 4.57 Å². The standard InChI is InChI=1S/C14H22N2O2/c1-10(2)15-13-7-4-8-16(14(13)18)11-5-3-6-12(17)9-11/h4,7-8,10-12,15,17H,3,5-6,9H2,1-2H3/t11-,12-/m1/s1. The maximum Gasteiger partial charge on any atom is 0.274 e. The number of pyridine rings is 1. The Kier molecular flexibility index (Phi) is 4.07. The summed E-state index contributed by atoms with van der Waals surface area (Å²) in [6.07, 6.45) is 5.07. The largest absolute Gasteiger partial charge is 0.393 e. The monoisotopic (exact) mass is 250 g/mol. The third kappa shape index (κ3) is 2.93. The Morgan fingerprint density at radius 3 is 2.89 bits per heavy atom. The zero-order valence-corrected chi connectivity index (χ0v) is 11.1. The second kappa shape index (κ2) is 5.57. The SMILES string of the molecule is CC(C)Nc1cccn([C@@H]2CCC[C@@H](O)C2)c1=O. The smallest absolute Gasteiger partial charge is 0.274 e. The van der Waals surface area contributed by atoms with Crippen molar-refractivity contribution in [2.24, 2.45) is 0 Å². The zero-order chi connectivity index (χ0) is 13.1. The highest BCUT2D eigenvalue weighted by molar-refractivity contribution is 5.41. The van der Waals surface area contributed by atoms with Gasteiger partial charge in [-0.1, -0.05) is 0 Å². The van der Waals surface area contributed by atoms with E-state index in [1.54, 1.807) is 4.57 Å². The normalized spacial score (nSPS) is 24.2. The van der Waals surface area contributed by atoms with Crippen LogP contribution < -0.4 is 10.9 Å². The van der Waals surface area contributed by atoms with Gasteiger partial charge in [0.05, 0.1) is 6.10 Å². The van der Waals surface area contributed by atoms with Gasteiger partial charge in [0, 0.05) is 18.3 Å². The molecular formula is C14H22N2O2. The molecule has 0 spiro atoms. The van der Waals surface area contributed by atoms with Crippen LogP contribution in [0.4, 0.5) is 5.69 Å². The lowest BCUT2D eigenvalue weighted by Gasteiger charge is -2.28. The Hall–Kier alpha value is -1.29. The first-order valence-electron chi connectivity index (χ1n) is 6.73. The first kappa shape index (κ1) is 13.1. The molecule has 4 nitrogen and oxygen atoms in total. The molecule has 2 atom stereocenters. The lowest BCUT2D eigenvalue weighted by Crippen LogP contribution is -2.32. The predicted octanol–water partition coefficient (Wildman–Crippen LogP) is 2.14. The van der Waals surface area contributed by atoms with Gasteiger partial charge in [0.2, 0.25) is 0 Å². The Bertz CT molecular complexity index is 453. The molecule has 0 amide bonds. The second-order valence-corrected chi connectivity index (χ2v) is 5.41. The first-order chi connectivity index (χ1) is 8.58. The summed E-state index contributed by atoms with van der Waals surface area (Å²) in [5, 5.41) is 12.9. The maximum absolute atomic E-state index is 12.3. The van der Waals surface area contributed by atoms with E-state index < -0.39 is 0 Å². The lowest BCUT2D eigenvalue weighted by molar-refractivity contribution is 0.103. The number of anilines is 1. The van der Waals surface area contributed by atoms with Crippen molar-refractivity contribution in [3.63, 3.8) is 0 Å². The zero-order valence-electron chi connectivity index (χ0n) is 11.1. The third-order valence-corrected chi connectivity index (χ3v) is 3.43. The van der Waals surface area contributed by atoms with Crippen molar-refractivity contribution in [3.8, 4) is 0 Å². The van der Waals surface area contributed by atoms with Crippen molar-refractivity contribution in [2.75, 3.05) is 5.32 Å². The Morgan fingerprint density at radius 2 is 2.22 bits per heavy atom. The van der Waals surface area contributed by atoms with Gasteiger partial charge in [-0.3, -0.25) is 4.79 Å². The van der Waals surface area contributed by atoms with Crippen LogP contribution in [0.15, 0.2) is 23.1 Å². The van der Waals surface area contributed by atoms with Crippen LogP contribution in [0, 0.1) is 0 Å². The first-order valence-corrected chi connectivity index (χ1v) is 6.73. The molecule has 0 bridgehead atoms. The highest BCUT2D eigenvalue weighted by Gasteiger charge is 2.22. The fourth-order valence-corrected chi connectivity index (χ4v) is 2.61. The average Bonchev–Trinajstić information content (AvgIpc) is 2.31. The molecule has 1 aliphatic rings. The molecule has 4 heteroatoms. The van der Waals surface area contributed by atoms with E-state index in [9.17, 15) is 9.90 Å². The molecule has 2 N–H and O–H groups in total. The van der Waals surface area contributed by atoms with E-state index in [1.165, 1.54) is 0 Å². The van der Waals surface area contributed by atoms with Gasteiger partial charge in [0.1, 0.15) is 5.69 Å². The van der Waals surface area contributed by atoms with Gasteiger partial charge in [-0.25, -0.2) is 0 Å². The van der Waals surface area contributed by atoms with Gasteiger partial charge in [-0.15, -0.1) is 0 Å². The molecule has 1 aromatic heterocycles. The molecule has 1 aliphatic carbocycles. The topological polar surface area (TPSA) is 54.3 Å². The summed E-state index contributed by atoms with van der Waals surface area (Å²) in [7, 11) is 0. The maximum atomic E-state index is 12.3. The molecule has 1 fully saturated rings. The number of aliphatic hydroxyl groups is 1. The third-order valence-electron chi connectivity index (χ3n) is 3.43. The Balaban J connectivity index is 2.25. The van der Waals surface area contributed by atoms with Crippen molar-refractivity contribution in [1.29, 1.82) is 0 Å². The van der Waals surface area contributed by atoms with E-state index in [4.69, 9.17) is 0 Å². The van der Waals surface area contributed by atoms with Crippen LogP contribution in [-0.4, -0.2) is 21.8 Å². The minimum Gasteiger partial charge on any atom is -0.393 e. The minimum absolute atomic E-state index is 0.0188. The molecule has 100 valence electrons. The average molecular weight is 250 g/mol. The van der Waals surface area contributed by atoms with Gasteiger partial charge in [0.15, 0.2) is 0 Å². The summed E-state index contributed by atoms with van der Waals surface area (Å²) in [6, 6.07) is 4.09. The molecule has 0 saturated heterocycles. The number of nitrogens with zero attached hydrogens (tertiary/aromatic N) is 1. The Morgan fingerprint density at radius 1 is 1.44 bits per heavy atom. The van der Waals surface area contributed by atoms with Crippen LogP contribution in [0.3, 0.4) is 0 Å². The van der Waals surface area contributed by atoms with E-state index >= 15 is 0 Å². The van der Waals surface area contributed by atoms with Crippen LogP contribution in [0.5, 0.6) is 0 Å². The van der Waals surface area contributed by atoms with Gasteiger partial charge >= 0.3 is 0 Å². The number of aromatic nitrogens is 1. The summed E-state index contributed by atoms with van der Waals surface area (Å²) < 4.78 is 1.77. The van der Waals surface area contributed by atoms with Crippen LogP contribution in [0.2, 0.25) is 0 Å². The van der Waals surface area contributed by atoms with Crippen LogP contribution >= 0.6 is 0 Å². The number of aliphatic hydroxyl groups excluding tert-OH is 1. The van der Waals surface area contributed by atoms with Crippen molar-refractivity contribution in [2.45, 2.75) is 57.7 Å². The molecule has 0 radical (unpaired) electrons. The Labute approximate surface area is 108 Å². The summed E-state index contributed by atoms with van der Waals surface area (Å²) in [6.45, 7) is 4.03. The van der Waals surface area contributed by atoms with E-state index in [1.807, 2.05) is 32.2 Å². The van der Waals surface area contributed by atoms with E-state index in [-0.39, 0.29) is 23.7 Å². The van der Waals surface area contributed by atoms with Gasteiger partial charge in [-0.2, -0.15) is 0 Å². The van der Waals surface area contributed by atoms with Crippen molar-refractivity contribution >= 4 is 5.69 Å². The van der Waals surface area contributed by atoms with Gasteiger partial charge in [-0.05, 0) is 51.7 Å². The van der Waals surface area contributed by atoms with Crippen molar-refractivity contribution < 1.29 is 5.11 Å². The molecule has 1 heterocycles. The highest BCUT2D eigenvalue weighted by atomic mass is 16.3. The molecule has 18 heavy (non-hydrogen) atoms. The molecule has 1 saturated carbocycles. The predicted molar refractivity (Wildman–Crippen MR) is 73.0 cm³/mol. The molecule has 0 aromatic carbocycles. The van der Waals surface area contributed by atoms with E-state index in [0.717, 1.165) is 19.3 Å². The van der Waals surface area contributed by atoms with E-state index in [0.29, 0.717) is 12.1 Å². The number of hydrogen-bond acceptors (Lipinski definition) is 3. The van der Waals surface area contributed by atoms with Gasteiger partial charge < -0.3 is 15.0 Å². The minimum atomic E-state index is -0.266. The number of nitrogens with one attached hydrogen (secondary N) is 1. The van der Waals surface area contributed by atoms with Crippen LogP contribution in [0.1, 0.15) is 45.6 Å². The number of rotatable bonds is 3. The molecule has 0 unspecified atom stereocenters. The second-order valence-electron chi connectivity index (χ2n) is 5.41. The fraction of sp³-hybridized carbons (Fsp3) is 0.643. The number of hydrogen-bond donors (Lipinski definition) is 2. The molecular weight excluding hydrogens is 228 g/mol. The lowest BCUT2D eigenvalue weighted by atomic mass is 9.93.